The van der Waals surface area contributed by atoms with E-state index in [2.05, 4.69) is 13.8 Å². The number of hydrogen-bond donors (Lipinski definition) is 1. The van der Waals surface area contributed by atoms with Crippen LogP contribution in [0.5, 0.6) is 0 Å². The lowest BCUT2D eigenvalue weighted by molar-refractivity contribution is -0.151. The van der Waals surface area contributed by atoms with E-state index in [1.54, 1.807) is 0 Å². The first-order valence-electron chi connectivity index (χ1n) is 8.42. The number of benzene rings is 1. The smallest absolute Gasteiger partial charge is 0.146 e. The first-order chi connectivity index (χ1) is 11.1. The molecule has 0 bridgehead atoms. The van der Waals surface area contributed by atoms with Gasteiger partial charge in [0.2, 0.25) is 0 Å². The van der Waals surface area contributed by atoms with Gasteiger partial charge in [-0.2, -0.15) is 0 Å². The van der Waals surface area contributed by atoms with Gasteiger partial charge in [0, 0.05) is 12.3 Å². The third-order valence-electron chi connectivity index (χ3n) is 5.13. The molecule has 4 nitrogen and oxygen atoms in total. The number of carbonyl (C=O) groups is 3. The molecule has 2 rings (SSSR count). The fourth-order valence-electron chi connectivity index (χ4n) is 4.01. The van der Waals surface area contributed by atoms with E-state index in [-0.39, 0.29) is 23.8 Å². The molecular weight excluding hydrogens is 304 g/mol. The summed E-state index contributed by atoms with van der Waals surface area (Å²) in [6.07, 6.45) is -0.165. The zero-order valence-electron chi connectivity index (χ0n) is 15.0. The Morgan fingerprint density at radius 1 is 1.12 bits per heavy atom. The summed E-state index contributed by atoms with van der Waals surface area (Å²) >= 11 is 0. The van der Waals surface area contributed by atoms with E-state index in [9.17, 15) is 19.5 Å². The molecule has 1 fully saturated rings. The summed E-state index contributed by atoms with van der Waals surface area (Å²) < 4.78 is 0. The molecule has 130 valence electrons. The van der Waals surface area contributed by atoms with Crippen molar-refractivity contribution in [1.29, 1.82) is 0 Å². The Labute approximate surface area is 143 Å². The lowest BCUT2D eigenvalue weighted by atomic mass is 9.60. The van der Waals surface area contributed by atoms with Gasteiger partial charge < -0.3 is 5.11 Å². The van der Waals surface area contributed by atoms with Crippen molar-refractivity contribution in [3.63, 3.8) is 0 Å². The molecule has 0 aromatic heterocycles. The molecule has 4 atom stereocenters. The van der Waals surface area contributed by atoms with Gasteiger partial charge in [0.05, 0.1) is 17.4 Å². The number of hydrogen-bond acceptors (Lipinski definition) is 4. The highest BCUT2D eigenvalue weighted by atomic mass is 16.3. The molecule has 24 heavy (non-hydrogen) atoms. The minimum atomic E-state index is -1.43. The van der Waals surface area contributed by atoms with Gasteiger partial charge in [-0.15, -0.1) is 0 Å². The number of aliphatic hydroxyl groups is 1. The molecule has 1 aromatic carbocycles. The summed E-state index contributed by atoms with van der Waals surface area (Å²) in [6.45, 7) is 8.49. The van der Waals surface area contributed by atoms with Crippen LogP contribution in [-0.4, -0.2) is 28.1 Å². The molecule has 1 aliphatic rings. The van der Waals surface area contributed by atoms with Crippen LogP contribution in [0.15, 0.2) is 24.3 Å². The summed E-state index contributed by atoms with van der Waals surface area (Å²) in [5.41, 5.74) is 0.468. The van der Waals surface area contributed by atoms with Crippen molar-refractivity contribution in [3.05, 3.63) is 35.4 Å². The lowest BCUT2D eigenvalue weighted by Crippen LogP contribution is -2.53. The van der Waals surface area contributed by atoms with Gasteiger partial charge in [0.1, 0.15) is 17.3 Å². The summed E-state index contributed by atoms with van der Waals surface area (Å²) in [5, 5.41) is 10.7. The molecule has 1 aliphatic carbocycles. The van der Waals surface area contributed by atoms with Crippen LogP contribution >= 0.6 is 0 Å². The largest absolute Gasteiger partial charge is 0.389 e. The van der Waals surface area contributed by atoms with Crippen LogP contribution in [-0.2, 0) is 14.4 Å². The molecular formula is C20H26O4. The maximum absolute atomic E-state index is 12.5. The Morgan fingerprint density at radius 2 is 1.67 bits per heavy atom. The predicted octanol–water partition coefficient (Wildman–Crippen LogP) is 3.03. The number of carbonyl (C=O) groups excluding carboxylic acids is 3. The summed E-state index contributed by atoms with van der Waals surface area (Å²) in [6, 6.07) is 7.67. The molecule has 4 heteroatoms. The molecule has 0 radical (unpaired) electrons. The maximum atomic E-state index is 12.5. The second-order valence-corrected chi connectivity index (χ2v) is 7.52. The van der Waals surface area contributed by atoms with Crippen LogP contribution < -0.4 is 0 Å². The van der Waals surface area contributed by atoms with Crippen molar-refractivity contribution in [1.82, 2.24) is 0 Å². The minimum Gasteiger partial charge on any atom is -0.389 e. The van der Waals surface area contributed by atoms with Crippen LogP contribution in [0, 0.1) is 11.8 Å². The summed E-state index contributed by atoms with van der Waals surface area (Å²) in [7, 11) is 0. The molecule has 0 heterocycles. The second kappa shape index (κ2) is 6.60. The van der Waals surface area contributed by atoms with Crippen LogP contribution in [0.25, 0.3) is 0 Å². The van der Waals surface area contributed by atoms with E-state index >= 15 is 0 Å². The van der Waals surface area contributed by atoms with Crippen molar-refractivity contribution >= 4 is 17.3 Å². The Morgan fingerprint density at radius 3 is 2.08 bits per heavy atom. The van der Waals surface area contributed by atoms with Gasteiger partial charge in [-0.05, 0) is 37.8 Å². The van der Waals surface area contributed by atoms with Crippen molar-refractivity contribution in [2.45, 2.75) is 58.5 Å². The SMILES string of the molecule is CC(=O)[C@H]1C(=O)C[C@](C)(O)[C@H](C(C)=O)[C@@H]1c1ccc(C(C)C)cc1. The molecule has 1 N–H and O–H groups in total. The fraction of sp³-hybridized carbons (Fsp3) is 0.550. The van der Waals surface area contributed by atoms with Crippen LogP contribution in [0.1, 0.15) is 64.0 Å². The third kappa shape index (κ3) is 3.34. The van der Waals surface area contributed by atoms with Crippen molar-refractivity contribution < 1.29 is 19.5 Å². The zero-order valence-corrected chi connectivity index (χ0v) is 15.0. The Bertz CT molecular complexity index is 655. The van der Waals surface area contributed by atoms with Gasteiger partial charge in [-0.1, -0.05) is 38.1 Å². The van der Waals surface area contributed by atoms with E-state index in [1.807, 2.05) is 24.3 Å². The summed E-state index contributed by atoms with van der Waals surface area (Å²) in [5.74, 6) is -2.63. The van der Waals surface area contributed by atoms with E-state index in [0.717, 1.165) is 11.1 Å². The monoisotopic (exact) mass is 330 g/mol. The van der Waals surface area contributed by atoms with Crippen molar-refractivity contribution in [3.8, 4) is 0 Å². The fourth-order valence-corrected chi connectivity index (χ4v) is 4.01. The van der Waals surface area contributed by atoms with Gasteiger partial charge >= 0.3 is 0 Å². The van der Waals surface area contributed by atoms with E-state index in [0.29, 0.717) is 5.92 Å². The van der Waals surface area contributed by atoms with Gasteiger partial charge in [0.15, 0.2) is 0 Å². The molecule has 0 spiro atoms. The lowest BCUT2D eigenvalue weighted by Gasteiger charge is -2.44. The topological polar surface area (TPSA) is 71.4 Å². The van der Waals surface area contributed by atoms with Crippen molar-refractivity contribution in [2.24, 2.45) is 11.8 Å². The standard InChI is InChI=1S/C20H26O4/c1-11(2)14-6-8-15(9-7-14)18-17(12(3)21)16(23)10-20(5,24)19(18)13(4)22/h6-9,11,17-19,24H,10H2,1-5H3/t17-,18+,19+,20-/m0/s1. The third-order valence-corrected chi connectivity index (χ3v) is 5.13. The average molecular weight is 330 g/mol. The Balaban J connectivity index is 2.58. The van der Waals surface area contributed by atoms with Gasteiger partial charge in [0.25, 0.3) is 0 Å². The molecule has 1 aromatic rings. The van der Waals surface area contributed by atoms with E-state index < -0.39 is 23.4 Å². The molecule has 0 amide bonds. The molecule has 0 unspecified atom stereocenters. The van der Waals surface area contributed by atoms with Crippen LogP contribution in [0.4, 0.5) is 0 Å². The van der Waals surface area contributed by atoms with Crippen LogP contribution in [0.3, 0.4) is 0 Å². The molecule has 0 saturated heterocycles. The Kier molecular flexibility index (Phi) is 5.09. The predicted molar refractivity (Wildman–Crippen MR) is 91.9 cm³/mol. The quantitative estimate of drug-likeness (QED) is 0.861. The van der Waals surface area contributed by atoms with Gasteiger partial charge in [-0.3, -0.25) is 14.4 Å². The zero-order chi connectivity index (χ0) is 18.2. The summed E-state index contributed by atoms with van der Waals surface area (Å²) in [4.78, 5) is 36.9. The van der Waals surface area contributed by atoms with Crippen molar-refractivity contribution in [2.75, 3.05) is 0 Å². The highest BCUT2D eigenvalue weighted by Gasteiger charge is 2.53. The first kappa shape index (κ1) is 18.5. The normalized spacial score (nSPS) is 30.5. The number of ketones is 3. The number of rotatable bonds is 4. The second-order valence-electron chi connectivity index (χ2n) is 7.52. The van der Waals surface area contributed by atoms with Crippen LogP contribution in [0.2, 0.25) is 0 Å². The highest BCUT2D eigenvalue weighted by molar-refractivity contribution is 6.05. The average Bonchev–Trinajstić information content (AvgIpc) is 2.44. The minimum absolute atomic E-state index is 0.165. The number of Topliss-reactive ketones (excluding diaryl/α,β-unsaturated/α-hetero) is 3. The molecule has 0 aliphatic heterocycles. The van der Waals surface area contributed by atoms with E-state index in [1.165, 1.54) is 20.8 Å². The molecule has 1 saturated carbocycles. The first-order valence-corrected chi connectivity index (χ1v) is 8.42. The van der Waals surface area contributed by atoms with E-state index in [4.69, 9.17) is 0 Å². The van der Waals surface area contributed by atoms with Gasteiger partial charge in [-0.25, -0.2) is 0 Å². The Hall–Kier alpha value is -1.81. The highest BCUT2D eigenvalue weighted by Crippen LogP contribution is 2.46. The maximum Gasteiger partial charge on any atom is 0.146 e.